The SMILES string of the molecule is C[C@@H]1Cc2ccccc2N1c1nc2ncn(-c3cc(Cl)cc(Cl)c3)c(=S)c2c(=O)[nH]1. The van der Waals surface area contributed by atoms with E-state index in [9.17, 15) is 4.79 Å². The smallest absolute Gasteiger partial charge is 0.264 e. The number of fused-ring (bicyclic) bond motifs is 2. The monoisotopic (exact) mass is 455 g/mol. The summed E-state index contributed by atoms with van der Waals surface area (Å²) in [4.78, 5) is 27.0. The molecule has 1 atom stereocenters. The minimum atomic E-state index is -0.341. The number of nitrogens with zero attached hydrogens (tertiary/aromatic N) is 4. The molecule has 0 bridgehead atoms. The number of benzene rings is 2. The fraction of sp³-hybridized carbons (Fsp3) is 0.143. The molecule has 0 fully saturated rings. The summed E-state index contributed by atoms with van der Waals surface area (Å²) in [5, 5.41) is 1.17. The number of anilines is 2. The molecule has 0 unspecified atom stereocenters. The summed E-state index contributed by atoms with van der Waals surface area (Å²) >= 11 is 17.8. The first kappa shape index (κ1) is 19.2. The molecule has 1 aliphatic rings. The Bertz CT molecular complexity index is 1410. The molecule has 2 aromatic heterocycles. The summed E-state index contributed by atoms with van der Waals surface area (Å²) in [6.45, 7) is 2.10. The largest absolute Gasteiger partial charge is 0.309 e. The third-order valence-corrected chi connectivity index (χ3v) is 6.01. The van der Waals surface area contributed by atoms with Gasteiger partial charge in [-0.3, -0.25) is 14.3 Å². The van der Waals surface area contributed by atoms with Gasteiger partial charge >= 0.3 is 0 Å². The Kier molecular flexibility index (Phi) is 4.61. The van der Waals surface area contributed by atoms with Crippen molar-refractivity contribution >= 4 is 58.1 Å². The van der Waals surface area contributed by atoms with Crippen molar-refractivity contribution in [2.75, 3.05) is 4.90 Å². The normalized spacial score (nSPS) is 15.6. The summed E-state index contributed by atoms with van der Waals surface area (Å²) in [5.74, 6) is 0.454. The van der Waals surface area contributed by atoms with Crippen molar-refractivity contribution in [2.24, 2.45) is 0 Å². The average Bonchev–Trinajstić information content (AvgIpc) is 3.02. The Morgan fingerprint density at radius 1 is 1.17 bits per heavy atom. The van der Waals surface area contributed by atoms with Crippen LogP contribution in [-0.4, -0.2) is 25.6 Å². The number of hydrogen-bond donors (Lipinski definition) is 1. The molecule has 9 heteroatoms. The molecule has 0 radical (unpaired) electrons. The summed E-state index contributed by atoms with van der Waals surface area (Å²) in [7, 11) is 0. The van der Waals surface area contributed by atoms with Crippen molar-refractivity contribution in [3.63, 3.8) is 0 Å². The van der Waals surface area contributed by atoms with Crippen LogP contribution >= 0.6 is 35.4 Å². The second-order valence-electron chi connectivity index (χ2n) is 7.19. The minimum absolute atomic E-state index is 0.160. The highest BCUT2D eigenvalue weighted by molar-refractivity contribution is 7.71. The Morgan fingerprint density at radius 2 is 1.90 bits per heavy atom. The summed E-state index contributed by atoms with van der Waals surface area (Å²) in [6, 6.07) is 13.3. The molecular formula is C21H15Cl2N5OS. The Balaban J connectivity index is 1.68. The fourth-order valence-corrected chi connectivity index (χ4v) is 4.74. The van der Waals surface area contributed by atoms with Crippen LogP contribution in [0.3, 0.4) is 0 Å². The van der Waals surface area contributed by atoms with Gasteiger partial charge in [0, 0.05) is 21.8 Å². The maximum Gasteiger partial charge on any atom is 0.264 e. The van der Waals surface area contributed by atoms with Crippen LogP contribution < -0.4 is 10.5 Å². The lowest BCUT2D eigenvalue weighted by Crippen LogP contribution is -2.28. The van der Waals surface area contributed by atoms with E-state index >= 15 is 0 Å². The highest BCUT2D eigenvalue weighted by Gasteiger charge is 2.29. The van der Waals surface area contributed by atoms with Gasteiger partial charge in [-0.25, -0.2) is 4.98 Å². The molecule has 30 heavy (non-hydrogen) atoms. The van der Waals surface area contributed by atoms with Crippen LogP contribution in [0.25, 0.3) is 16.7 Å². The topological polar surface area (TPSA) is 66.8 Å². The predicted octanol–water partition coefficient (Wildman–Crippen LogP) is 5.23. The highest BCUT2D eigenvalue weighted by atomic mass is 35.5. The van der Waals surface area contributed by atoms with Crippen LogP contribution in [-0.2, 0) is 6.42 Å². The standard InChI is InChI=1S/C21H15Cl2N5OS/c1-11-6-12-4-2-3-5-16(12)28(11)21-25-18-17(19(29)26-21)20(30)27(10-24-18)15-8-13(22)7-14(23)9-15/h2-5,7-11H,6H2,1H3,(H,25,26,29)/t11-/m1/s1. The molecule has 6 nitrogen and oxygen atoms in total. The van der Waals surface area contributed by atoms with E-state index in [0.29, 0.717) is 27.3 Å². The number of H-pyrrole nitrogens is 1. The van der Waals surface area contributed by atoms with E-state index in [1.54, 1.807) is 22.8 Å². The third-order valence-electron chi connectivity index (χ3n) is 5.18. The molecule has 5 rings (SSSR count). The number of nitrogens with one attached hydrogen (secondary N) is 1. The van der Waals surface area contributed by atoms with E-state index in [2.05, 4.69) is 27.9 Å². The molecule has 150 valence electrons. The summed E-state index contributed by atoms with van der Waals surface area (Å²) in [6.07, 6.45) is 2.41. The minimum Gasteiger partial charge on any atom is -0.309 e. The van der Waals surface area contributed by atoms with Crippen LogP contribution in [0.5, 0.6) is 0 Å². The highest BCUT2D eigenvalue weighted by Crippen LogP contribution is 2.36. The Labute approximate surface area is 186 Å². The van der Waals surface area contributed by atoms with Gasteiger partial charge < -0.3 is 4.90 Å². The van der Waals surface area contributed by atoms with E-state index in [-0.39, 0.29) is 21.6 Å². The number of halogens is 2. The van der Waals surface area contributed by atoms with Crippen molar-refractivity contribution in [1.82, 2.24) is 19.5 Å². The fourth-order valence-electron chi connectivity index (χ4n) is 3.89. The van der Waals surface area contributed by atoms with Gasteiger partial charge in [-0.15, -0.1) is 0 Å². The summed E-state index contributed by atoms with van der Waals surface area (Å²) in [5.41, 5.74) is 2.82. The van der Waals surface area contributed by atoms with Gasteiger partial charge in [0.1, 0.15) is 16.4 Å². The first-order chi connectivity index (χ1) is 14.4. The van der Waals surface area contributed by atoms with Gasteiger partial charge in [-0.2, -0.15) is 4.98 Å². The third kappa shape index (κ3) is 3.10. The van der Waals surface area contributed by atoms with Gasteiger partial charge in [0.25, 0.3) is 5.56 Å². The second kappa shape index (κ2) is 7.19. The first-order valence-electron chi connectivity index (χ1n) is 9.27. The molecule has 0 saturated carbocycles. The van der Waals surface area contributed by atoms with E-state index in [1.165, 1.54) is 11.9 Å². The second-order valence-corrected chi connectivity index (χ2v) is 8.45. The molecule has 4 aromatic rings. The molecule has 0 spiro atoms. The van der Waals surface area contributed by atoms with Crippen LogP contribution in [0.2, 0.25) is 10.0 Å². The molecular weight excluding hydrogens is 441 g/mol. The Morgan fingerprint density at radius 3 is 2.67 bits per heavy atom. The van der Waals surface area contributed by atoms with Crippen LogP contribution in [0.15, 0.2) is 53.6 Å². The van der Waals surface area contributed by atoms with Crippen LogP contribution in [0, 0.1) is 4.64 Å². The molecule has 0 amide bonds. The molecule has 1 aliphatic heterocycles. The van der Waals surface area contributed by atoms with E-state index in [1.807, 2.05) is 23.1 Å². The van der Waals surface area contributed by atoms with Crippen LogP contribution in [0.1, 0.15) is 12.5 Å². The van der Waals surface area contributed by atoms with Crippen LogP contribution in [0.4, 0.5) is 11.6 Å². The van der Waals surface area contributed by atoms with Gasteiger partial charge in [-0.1, -0.05) is 53.6 Å². The lowest BCUT2D eigenvalue weighted by atomic mass is 10.1. The van der Waals surface area contributed by atoms with E-state index in [0.717, 1.165) is 12.1 Å². The first-order valence-corrected chi connectivity index (χ1v) is 10.4. The van der Waals surface area contributed by atoms with Gasteiger partial charge in [0.15, 0.2) is 5.65 Å². The zero-order chi connectivity index (χ0) is 21.0. The molecule has 0 saturated heterocycles. The maximum atomic E-state index is 13.0. The zero-order valence-electron chi connectivity index (χ0n) is 15.8. The predicted molar refractivity (Wildman–Crippen MR) is 122 cm³/mol. The zero-order valence-corrected chi connectivity index (χ0v) is 18.1. The lowest BCUT2D eigenvalue weighted by molar-refractivity contribution is 0.739. The average molecular weight is 456 g/mol. The van der Waals surface area contributed by atoms with Crippen molar-refractivity contribution in [3.8, 4) is 5.69 Å². The molecule has 0 aliphatic carbocycles. The van der Waals surface area contributed by atoms with E-state index < -0.39 is 0 Å². The van der Waals surface area contributed by atoms with Gasteiger partial charge in [0.2, 0.25) is 5.95 Å². The van der Waals surface area contributed by atoms with Crippen molar-refractivity contribution in [1.29, 1.82) is 0 Å². The molecule has 1 N–H and O–H groups in total. The van der Waals surface area contributed by atoms with Gasteiger partial charge in [-0.05, 0) is 43.2 Å². The number of para-hydroxylation sites is 1. The quantitative estimate of drug-likeness (QED) is 0.419. The van der Waals surface area contributed by atoms with Crippen molar-refractivity contribution in [2.45, 2.75) is 19.4 Å². The Hall–Kier alpha value is -2.74. The van der Waals surface area contributed by atoms with E-state index in [4.69, 9.17) is 35.4 Å². The lowest BCUT2D eigenvalue weighted by Gasteiger charge is -2.23. The van der Waals surface area contributed by atoms with Crippen molar-refractivity contribution in [3.05, 3.63) is 79.4 Å². The number of aromatic amines is 1. The molecule has 3 heterocycles. The number of rotatable bonds is 2. The van der Waals surface area contributed by atoms with Crippen molar-refractivity contribution < 1.29 is 0 Å². The number of hydrogen-bond acceptors (Lipinski definition) is 5. The maximum absolute atomic E-state index is 13.0. The molecule has 2 aromatic carbocycles. The van der Waals surface area contributed by atoms with Gasteiger partial charge in [0.05, 0.1) is 5.69 Å². The summed E-state index contributed by atoms with van der Waals surface area (Å²) < 4.78 is 1.88. The number of aromatic nitrogens is 4.